The van der Waals surface area contributed by atoms with Crippen LogP contribution in [-0.2, 0) is 0 Å². The van der Waals surface area contributed by atoms with Crippen LogP contribution in [0.25, 0.3) is 0 Å². The Bertz CT molecular complexity index is 1010. The summed E-state index contributed by atoms with van der Waals surface area (Å²) in [5.74, 6) is -0.0725. The molecule has 3 aromatic rings. The minimum absolute atomic E-state index is 0.0260. The largest absolute Gasteiger partial charge is 0.378 e. The van der Waals surface area contributed by atoms with Crippen molar-refractivity contribution in [3.63, 3.8) is 0 Å². The minimum atomic E-state index is -0.0725. The summed E-state index contributed by atoms with van der Waals surface area (Å²) < 4.78 is 0. The van der Waals surface area contributed by atoms with Crippen LogP contribution in [0.1, 0.15) is 35.3 Å². The summed E-state index contributed by atoms with van der Waals surface area (Å²) in [7, 11) is 0. The van der Waals surface area contributed by atoms with E-state index in [1.165, 1.54) is 0 Å². The Morgan fingerprint density at radius 3 is 2.43 bits per heavy atom. The second kappa shape index (κ2) is 7.86. The van der Waals surface area contributed by atoms with E-state index in [0.717, 1.165) is 23.4 Å². The molecule has 2 atom stereocenters. The molecule has 3 aromatic carbocycles. The third-order valence-electron chi connectivity index (χ3n) is 5.09. The van der Waals surface area contributed by atoms with Gasteiger partial charge < -0.3 is 10.2 Å². The lowest BCUT2D eigenvalue weighted by Crippen LogP contribution is -2.44. The molecular formula is C23H20Cl2N2O. The highest BCUT2D eigenvalue weighted by Gasteiger charge is 2.34. The lowest BCUT2D eigenvalue weighted by atomic mass is 9.90. The predicted molar refractivity (Wildman–Crippen MR) is 117 cm³/mol. The third-order valence-corrected chi connectivity index (χ3v) is 5.83. The summed E-state index contributed by atoms with van der Waals surface area (Å²) in [6.07, 6.45) is 0.805. The molecule has 0 radical (unpaired) electrons. The van der Waals surface area contributed by atoms with Crippen LogP contribution in [-0.4, -0.2) is 11.9 Å². The summed E-state index contributed by atoms with van der Waals surface area (Å²) >= 11 is 12.1. The number of hydrogen-bond donors (Lipinski definition) is 1. The van der Waals surface area contributed by atoms with Crippen LogP contribution in [0.5, 0.6) is 0 Å². The zero-order chi connectivity index (χ0) is 19.7. The number of fused-ring (bicyclic) bond motifs is 1. The Balaban J connectivity index is 1.69. The van der Waals surface area contributed by atoms with Crippen LogP contribution in [0.4, 0.5) is 11.4 Å². The number of nitrogens with one attached hydrogen (secondary N) is 1. The standard InChI is InChI=1S/C23H20Cl2N2O/c1-15-13-21(26-17-7-3-2-4-8-17)18-9-5-6-10-22(18)27(15)23(28)16-11-12-19(24)20(25)14-16/h2-12,14-15,21,26H,13H2,1H3/t15-,21-/m1/s1. The van der Waals surface area contributed by atoms with E-state index in [9.17, 15) is 4.79 Å². The maximum absolute atomic E-state index is 13.3. The molecule has 1 heterocycles. The molecular weight excluding hydrogens is 391 g/mol. The van der Waals surface area contributed by atoms with Crippen molar-refractivity contribution in [3.8, 4) is 0 Å². The van der Waals surface area contributed by atoms with Gasteiger partial charge in [-0.25, -0.2) is 0 Å². The van der Waals surface area contributed by atoms with E-state index >= 15 is 0 Å². The molecule has 0 spiro atoms. The fourth-order valence-corrected chi connectivity index (χ4v) is 4.06. The van der Waals surface area contributed by atoms with Gasteiger partial charge in [0.2, 0.25) is 0 Å². The van der Waals surface area contributed by atoms with Gasteiger partial charge in [-0.15, -0.1) is 0 Å². The molecule has 142 valence electrons. The molecule has 0 aliphatic carbocycles. The second-order valence-corrected chi connectivity index (χ2v) is 7.82. The molecule has 0 unspecified atom stereocenters. The van der Waals surface area contributed by atoms with Gasteiger partial charge in [0.1, 0.15) is 0 Å². The average Bonchev–Trinajstić information content (AvgIpc) is 2.70. The fourth-order valence-electron chi connectivity index (χ4n) is 3.76. The molecule has 0 aromatic heterocycles. The minimum Gasteiger partial charge on any atom is -0.378 e. The smallest absolute Gasteiger partial charge is 0.258 e. The maximum Gasteiger partial charge on any atom is 0.258 e. The Kier molecular flexibility index (Phi) is 5.29. The molecule has 1 N–H and O–H groups in total. The van der Waals surface area contributed by atoms with Crippen LogP contribution < -0.4 is 10.2 Å². The molecule has 28 heavy (non-hydrogen) atoms. The Morgan fingerprint density at radius 1 is 0.964 bits per heavy atom. The average molecular weight is 411 g/mol. The number of carbonyl (C=O) groups excluding carboxylic acids is 1. The van der Waals surface area contributed by atoms with Crippen LogP contribution in [0.15, 0.2) is 72.8 Å². The number of hydrogen-bond acceptors (Lipinski definition) is 2. The van der Waals surface area contributed by atoms with E-state index in [1.54, 1.807) is 18.2 Å². The van der Waals surface area contributed by atoms with E-state index in [2.05, 4.69) is 30.4 Å². The Labute approximate surface area is 174 Å². The first-order chi connectivity index (χ1) is 13.5. The van der Waals surface area contributed by atoms with Crippen molar-refractivity contribution in [1.29, 1.82) is 0 Å². The molecule has 5 heteroatoms. The maximum atomic E-state index is 13.3. The first-order valence-corrected chi connectivity index (χ1v) is 9.99. The molecule has 0 fully saturated rings. The highest BCUT2D eigenvalue weighted by molar-refractivity contribution is 6.42. The van der Waals surface area contributed by atoms with E-state index < -0.39 is 0 Å². The van der Waals surface area contributed by atoms with Gasteiger partial charge in [0.15, 0.2) is 0 Å². The number of amides is 1. The summed E-state index contributed by atoms with van der Waals surface area (Å²) in [5.41, 5.74) is 3.63. The SMILES string of the molecule is C[C@@H]1C[C@@H](Nc2ccccc2)c2ccccc2N1C(=O)c1ccc(Cl)c(Cl)c1. The quantitative estimate of drug-likeness (QED) is 0.528. The number of rotatable bonds is 3. The van der Waals surface area contributed by atoms with Crippen molar-refractivity contribution in [3.05, 3.63) is 94.0 Å². The second-order valence-electron chi connectivity index (χ2n) is 7.01. The summed E-state index contributed by atoms with van der Waals surface area (Å²) in [4.78, 5) is 15.2. The van der Waals surface area contributed by atoms with Gasteiger partial charge in [0.05, 0.1) is 16.1 Å². The van der Waals surface area contributed by atoms with Crippen LogP contribution in [0.3, 0.4) is 0 Å². The molecule has 0 saturated carbocycles. The van der Waals surface area contributed by atoms with E-state index in [1.807, 2.05) is 41.3 Å². The first kappa shape index (κ1) is 18.9. The van der Waals surface area contributed by atoms with Gasteiger partial charge in [-0.3, -0.25) is 4.79 Å². The number of anilines is 2. The van der Waals surface area contributed by atoms with Crippen molar-refractivity contribution >= 4 is 40.5 Å². The Hall–Kier alpha value is -2.49. The van der Waals surface area contributed by atoms with Gasteiger partial charge in [-0.1, -0.05) is 59.6 Å². The van der Waals surface area contributed by atoms with Crippen molar-refractivity contribution in [2.45, 2.75) is 25.4 Å². The highest BCUT2D eigenvalue weighted by Crippen LogP contribution is 2.39. The number of carbonyl (C=O) groups is 1. The Morgan fingerprint density at radius 2 is 1.68 bits per heavy atom. The number of para-hydroxylation sites is 2. The topological polar surface area (TPSA) is 32.3 Å². The number of halogens is 2. The van der Waals surface area contributed by atoms with Gasteiger partial charge in [0, 0.05) is 23.0 Å². The highest BCUT2D eigenvalue weighted by atomic mass is 35.5. The normalized spacial score (nSPS) is 18.5. The number of nitrogens with zero attached hydrogens (tertiary/aromatic N) is 1. The van der Waals surface area contributed by atoms with E-state index in [0.29, 0.717) is 15.6 Å². The summed E-state index contributed by atoms with van der Waals surface area (Å²) in [6, 6.07) is 23.4. The van der Waals surface area contributed by atoms with Crippen molar-refractivity contribution < 1.29 is 4.79 Å². The van der Waals surface area contributed by atoms with Gasteiger partial charge in [-0.05, 0) is 55.3 Å². The van der Waals surface area contributed by atoms with Crippen molar-refractivity contribution in [1.82, 2.24) is 0 Å². The molecule has 1 aliphatic rings. The van der Waals surface area contributed by atoms with E-state index in [4.69, 9.17) is 23.2 Å². The predicted octanol–water partition coefficient (Wildman–Crippen LogP) is 6.59. The molecule has 1 aliphatic heterocycles. The lowest BCUT2D eigenvalue weighted by molar-refractivity contribution is 0.0974. The first-order valence-electron chi connectivity index (χ1n) is 9.23. The van der Waals surface area contributed by atoms with Crippen molar-refractivity contribution in [2.75, 3.05) is 10.2 Å². The van der Waals surface area contributed by atoms with Crippen molar-refractivity contribution in [2.24, 2.45) is 0 Å². The van der Waals surface area contributed by atoms with Gasteiger partial charge in [0.25, 0.3) is 5.91 Å². The third kappa shape index (κ3) is 3.60. The zero-order valence-corrected chi connectivity index (χ0v) is 16.9. The number of benzene rings is 3. The monoisotopic (exact) mass is 410 g/mol. The van der Waals surface area contributed by atoms with Crippen LogP contribution >= 0.6 is 23.2 Å². The molecule has 4 rings (SSSR count). The van der Waals surface area contributed by atoms with E-state index in [-0.39, 0.29) is 18.0 Å². The molecule has 1 amide bonds. The lowest BCUT2D eigenvalue weighted by Gasteiger charge is -2.40. The van der Waals surface area contributed by atoms with Crippen LogP contribution in [0, 0.1) is 0 Å². The molecule has 3 nitrogen and oxygen atoms in total. The molecule has 0 bridgehead atoms. The van der Waals surface area contributed by atoms with Gasteiger partial charge >= 0.3 is 0 Å². The van der Waals surface area contributed by atoms with Crippen LogP contribution in [0.2, 0.25) is 10.0 Å². The fraction of sp³-hybridized carbons (Fsp3) is 0.174. The zero-order valence-electron chi connectivity index (χ0n) is 15.4. The summed E-state index contributed by atoms with van der Waals surface area (Å²) in [6.45, 7) is 2.07. The van der Waals surface area contributed by atoms with Gasteiger partial charge in [-0.2, -0.15) is 0 Å². The summed E-state index contributed by atoms with van der Waals surface area (Å²) in [5, 5.41) is 4.43. The molecule has 0 saturated heterocycles.